The van der Waals surface area contributed by atoms with Crippen LogP contribution in [0.1, 0.15) is 22.3 Å². The summed E-state index contributed by atoms with van der Waals surface area (Å²) in [7, 11) is 0. The van der Waals surface area contributed by atoms with Crippen LogP contribution in [0.4, 0.5) is 0 Å². The quantitative estimate of drug-likeness (QED) is 0.243. The zero-order valence-corrected chi connectivity index (χ0v) is 18.8. The van der Waals surface area contributed by atoms with E-state index in [2.05, 4.69) is 69.0 Å². The van der Waals surface area contributed by atoms with Crippen molar-refractivity contribution in [1.82, 2.24) is 19.4 Å². The van der Waals surface area contributed by atoms with Crippen LogP contribution in [0, 0.1) is 0 Å². The van der Waals surface area contributed by atoms with E-state index in [4.69, 9.17) is 4.98 Å². The van der Waals surface area contributed by atoms with Crippen molar-refractivity contribution in [3.05, 3.63) is 108 Å². The molecule has 0 radical (unpaired) electrons. The predicted molar refractivity (Wildman–Crippen MR) is 140 cm³/mol. The summed E-state index contributed by atoms with van der Waals surface area (Å²) < 4.78 is 2.24. The topological polar surface area (TPSA) is 43.1 Å². The van der Waals surface area contributed by atoms with Crippen molar-refractivity contribution in [2.24, 2.45) is 0 Å². The van der Waals surface area contributed by atoms with E-state index in [0.717, 1.165) is 35.0 Å². The molecule has 0 bridgehead atoms. The van der Waals surface area contributed by atoms with Gasteiger partial charge >= 0.3 is 0 Å². The van der Waals surface area contributed by atoms with E-state index >= 15 is 0 Å². The van der Waals surface area contributed by atoms with Gasteiger partial charge in [-0.3, -0.25) is 14.4 Å². The molecule has 35 heavy (non-hydrogen) atoms. The molecular formula is C31H18N4. The van der Waals surface area contributed by atoms with Gasteiger partial charge in [0.05, 0.1) is 23.4 Å². The molecule has 0 N–H and O–H groups in total. The minimum atomic E-state index is 0.903. The fourth-order valence-corrected chi connectivity index (χ4v) is 6.52. The van der Waals surface area contributed by atoms with Gasteiger partial charge in [0.25, 0.3) is 0 Å². The van der Waals surface area contributed by atoms with Gasteiger partial charge < -0.3 is 0 Å². The van der Waals surface area contributed by atoms with Gasteiger partial charge in [0.15, 0.2) is 0 Å². The SMILES string of the molecule is c1ccc2c(c1)Cc1cc3c(cc1-2)-c1c(ccc2c1c1ccncc1n1c4ccncc4nc21)C3. The zero-order chi connectivity index (χ0) is 22.7. The molecular weight excluding hydrogens is 428 g/mol. The molecule has 162 valence electrons. The Labute approximate surface area is 200 Å². The average Bonchev–Trinajstić information content (AvgIpc) is 3.58. The number of rotatable bonds is 0. The second-order valence-corrected chi connectivity index (χ2v) is 9.73. The summed E-state index contributed by atoms with van der Waals surface area (Å²) >= 11 is 0. The number of benzene rings is 3. The van der Waals surface area contributed by atoms with Gasteiger partial charge in [-0.25, -0.2) is 4.98 Å². The molecule has 2 aliphatic carbocycles. The van der Waals surface area contributed by atoms with Crippen molar-refractivity contribution < 1.29 is 0 Å². The molecule has 3 aromatic carbocycles. The third kappa shape index (κ3) is 2.15. The summed E-state index contributed by atoms with van der Waals surface area (Å²) in [4.78, 5) is 13.9. The van der Waals surface area contributed by atoms with Gasteiger partial charge in [-0.1, -0.05) is 42.5 Å². The second kappa shape index (κ2) is 6.10. The smallest absolute Gasteiger partial charge is 0.146 e. The monoisotopic (exact) mass is 446 g/mol. The lowest BCUT2D eigenvalue weighted by Gasteiger charge is -2.13. The normalized spacial score (nSPS) is 13.5. The number of hydrogen-bond acceptors (Lipinski definition) is 3. The molecule has 0 fully saturated rings. The molecule has 0 saturated carbocycles. The molecule has 0 atom stereocenters. The van der Waals surface area contributed by atoms with E-state index in [1.54, 1.807) is 0 Å². The van der Waals surface area contributed by atoms with Gasteiger partial charge in [-0.15, -0.1) is 0 Å². The van der Waals surface area contributed by atoms with Crippen LogP contribution in [-0.4, -0.2) is 19.4 Å². The minimum absolute atomic E-state index is 0.903. The van der Waals surface area contributed by atoms with E-state index in [1.807, 2.05) is 30.9 Å². The second-order valence-electron chi connectivity index (χ2n) is 9.73. The lowest BCUT2D eigenvalue weighted by molar-refractivity contribution is 1.21. The van der Waals surface area contributed by atoms with Crippen molar-refractivity contribution in [2.45, 2.75) is 12.8 Å². The van der Waals surface area contributed by atoms with E-state index in [0.29, 0.717) is 0 Å². The standard InChI is InChI=1S/C31H18N4/c1-2-4-21-17(3-1)11-19-13-20-12-18-5-6-23-30(29(18)25(20)14-24(19)21)22-7-9-33-16-28(22)35-27-8-10-32-15-26(27)34-31(23)35/h1-10,13-16H,11-12H2. The Bertz CT molecular complexity index is 2070. The first-order valence-electron chi connectivity index (χ1n) is 12.0. The summed E-state index contributed by atoms with van der Waals surface area (Å²) in [5.41, 5.74) is 15.2. The molecule has 4 heteroatoms. The molecule has 0 amide bonds. The highest BCUT2D eigenvalue weighted by molar-refractivity contribution is 6.20. The lowest BCUT2D eigenvalue weighted by Crippen LogP contribution is -1.94. The summed E-state index contributed by atoms with van der Waals surface area (Å²) in [6.45, 7) is 0. The molecule has 4 aromatic heterocycles. The number of imidazole rings is 1. The Morgan fingerprint density at radius 1 is 0.629 bits per heavy atom. The van der Waals surface area contributed by atoms with Crippen LogP contribution in [0.25, 0.3) is 60.6 Å². The third-order valence-electron chi connectivity index (χ3n) is 7.97. The molecule has 7 aromatic rings. The maximum absolute atomic E-state index is 5.04. The summed E-state index contributed by atoms with van der Waals surface area (Å²) in [5.74, 6) is 0. The molecule has 4 nitrogen and oxygen atoms in total. The van der Waals surface area contributed by atoms with Crippen molar-refractivity contribution in [2.75, 3.05) is 0 Å². The van der Waals surface area contributed by atoms with Gasteiger partial charge in [0, 0.05) is 28.6 Å². The Hall–Kier alpha value is -4.57. The van der Waals surface area contributed by atoms with Gasteiger partial charge in [0.1, 0.15) is 11.2 Å². The first kappa shape index (κ1) is 17.8. The fourth-order valence-electron chi connectivity index (χ4n) is 6.52. The van der Waals surface area contributed by atoms with Crippen LogP contribution in [0.2, 0.25) is 0 Å². The van der Waals surface area contributed by atoms with Crippen LogP contribution in [0.15, 0.2) is 85.5 Å². The molecule has 9 rings (SSSR count). The highest BCUT2D eigenvalue weighted by Crippen LogP contribution is 2.48. The van der Waals surface area contributed by atoms with E-state index < -0.39 is 0 Å². The number of fused-ring (bicyclic) bond motifs is 15. The maximum atomic E-state index is 5.04. The highest BCUT2D eigenvalue weighted by atomic mass is 15.0. The van der Waals surface area contributed by atoms with E-state index in [9.17, 15) is 0 Å². The number of aromatic nitrogens is 4. The molecule has 0 unspecified atom stereocenters. The van der Waals surface area contributed by atoms with Gasteiger partial charge in [-0.05, 0) is 75.5 Å². The van der Waals surface area contributed by atoms with Gasteiger partial charge in [-0.2, -0.15) is 0 Å². The van der Waals surface area contributed by atoms with Crippen LogP contribution in [0.3, 0.4) is 0 Å². The minimum Gasteiger partial charge on any atom is -0.290 e. The van der Waals surface area contributed by atoms with Crippen molar-refractivity contribution in [1.29, 1.82) is 0 Å². The van der Waals surface area contributed by atoms with Crippen molar-refractivity contribution >= 4 is 38.4 Å². The summed E-state index contributed by atoms with van der Waals surface area (Å²) in [6.07, 6.45) is 9.56. The molecule has 0 saturated heterocycles. The predicted octanol–water partition coefficient (Wildman–Crippen LogP) is 6.73. The third-order valence-corrected chi connectivity index (χ3v) is 7.97. The lowest BCUT2D eigenvalue weighted by atomic mass is 9.93. The average molecular weight is 447 g/mol. The largest absolute Gasteiger partial charge is 0.290 e. The van der Waals surface area contributed by atoms with Crippen LogP contribution in [-0.2, 0) is 12.8 Å². The summed E-state index contributed by atoms with van der Waals surface area (Å²) in [6, 6.07) is 22.5. The van der Waals surface area contributed by atoms with Crippen LogP contribution < -0.4 is 0 Å². The Kier molecular flexibility index (Phi) is 3.11. The molecule has 2 aliphatic rings. The molecule has 0 spiro atoms. The van der Waals surface area contributed by atoms with E-state index in [1.165, 1.54) is 60.7 Å². The van der Waals surface area contributed by atoms with Crippen LogP contribution >= 0.6 is 0 Å². The Morgan fingerprint density at radius 3 is 2.49 bits per heavy atom. The number of hydrogen-bond donors (Lipinski definition) is 0. The van der Waals surface area contributed by atoms with Crippen molar-refractivity contribution in [3.8, 4) is 22.3 Å². The Morgan fingerprint density at radius 2 is 1.49 bits per heavy atom. The number of pyridine rings is 3. The maximum Gasteiger partial charge on any atom is 0.146 e. The zero-order valence-electron chi connectivity index (χ0n) is 18.8. The molecule has 4 heterocycles. The highest BCUT2D eigenvalue weighted by Gasteiger charge is 2.28. The Balaban J connectivity index is 1.46. The molecule has 0 aliphatic heterocycles. The van der Waals surface area contributed by atoms with Crippen LogP contribution in [0.5, 0.6) is 0 Å². The van der Waals surface area contributed by atoms with Crippen molar-refractivity contribution in [3.63, 3.8) is 0 Å². The first-order chi connectivity index (χ1) is 17.3. The number of nitrogens with zero attached hydrogens (tertiary/aromatic N) is 4. The van der Waals surface area contributed by atoms with Gasteiger partial charge in [0.2, 0.25) is 0 Å². The van der Waals surface area contributed by atoms with E-state index in [-0.39, 0.29) is 0 Å². The fraction of sp³-hybridized carbons (Fsp3) is 0.0645. The first-order valence-corrected chi connectivity index (χ1v) is 12.0. The summed E-state index contributed by atoms with van der Waals surface area (Å²) in [5, 5.41) is 3.66.